The van der Waals surface area contributed by atoms with Gasteiger partial charge in [0.2, 0.25) is 0 Å². The monoisotopic (exact) mass is 331 g/mol. The van der Waals surface area contributed by atoms with Crippen molar-refractivity contribution >= 4 is 17.7 Å². The van der Waals surface area contributed by atoms with Crippen molar-refractivity contribution in [1.82, 2.24) is 5.32 Å². The van der Waals surface area contributed by atoms with E-state index in [0.29, 0.717) is 24.7 Å². The Labute approximate surface area is 141 Å². The van der Waals surface area contributed by atoms with Crippen molar-refractivity contribution in [3.63, 3.8) is 0 Å². The van der Waals surface area contributed by atoms with Crippen molar-refractivity contribution in [2.45, 2.75) is 11.8 Å². The van der Waals surface area contributed by atoms with Crippen LogP contribution in [-0.2, 0) is 4.79 Å². The Kier molecular flexibility index (Phi) is 7.33. The molecule has 0 aliphatic carbocycles. The van der Waals surface area contributed by atoms with Crippen molar-refractivity contribution in [3.05, 3.63) is 54.6 Å². The topological polar surface area (TPSA) is 47.6 Å². The van der Waals surface area contributed by atoms with Crippen LogP contribution in [0.5, 0.6) is 11.5 Å². The van der Waals surface area contributed by atoms with Gasteiger partial charge in [0.15, 0.2) is 18.1 Å². The number of thioether (sulfide) groups is 1. The van der Waals surface area contributed by atoms with Crippen LogP contribution in [0, 0.1) is 0 Å². The average Bonchev–Trinajstić information content (AvgIpc) is 2.59. The number of ether oxygens (including phenoxy) is 2. The lowest BCUT2D eigenvalue weighted by atomic mass is 10.3. The van der Waals surface area contributed by atoms with Crippen LogP contribution in [0.1, 0.15) is 6.92 Å². The molecule has 0 aliphatic heterocycles. The number of hydrogen-bond acceptors (Lipinski definition) is 4. The van der Waals surface area contributed by atoms with Gasteiger partial charge in [0.1, 0.15) is 0 Å². The fraction of sp³-hybridized carbons (Fsp3) is 0.278. The third-order valence-electron chi connectivity index (χ3n) is 2.94. The lowest BCUT2D eigenvalue weighted by molar-refractivity contribution is -0.122. The van der Waals surface area contributed by atoms with E-state index in [9.17, 15) is 4.79 Å². The van der Waals surface area contributed by atoms with E-state index in [1.165, 1.54) is 4.90 Å². The van der Waals surface area contributed by atoms with E-state index < -0.39 is 0 Å². The van der Waals surface area contributed by atoms with E-state index in [-0.39, 0.29) is 12.5 Å². The van der Waals surface area contributed by atoms with Gasteiger partial charge in [-0.15, -0.1) is 11.8 Å². The summed E-state index contributed by atoms with van der Waals surface area (Å²) in [6.07, 6.45) is 0. The van der Waals surface area contributed by atoms with E-state index >= 15 is 0 Å². The first-order chi connectivity index (χ1) is 11.3. The molecule has 0 bridgehead atoms. The molecule has 2 aromatic rings. The van der Waals surface area contributed by atoms with Gasteiger partial charge in [0.05, 0.1) is 6.61 Å². The summed E-state index contributed by atoms with van der Waals surface area (Å²) in [7, 11) is 0. The molecule has 0 radical (unpaired) electrons. The molecule has 0 heterocycles. The van der Waals surface area contributed by atoms with Gasteiger partial charge < -0.3 is 14.8 Å². The minimum atomic E-state index is -0.134. The van der Waals surface area contributed by atoms with Crippen molar-refractivity contribution < 1.29 is 14.3 Å². The third-order valence-corrected chi connectivity index (χ3v) is 3.96. The zero-order valence-corrected chi connectivity index (χ0v) is 14.0. The summed E-state index contributed by atoms with van der Waals surface area (Å²) in [5.74, 6) is 1.93. The Morgan fingerprint density at radius 1 is 1.00 bits per heavy atom. The van der Waals surface area contributed by atoms with E-state index in [0.717, 1.165) is 5.75 Å². The summed E-state index contributed by atoms with van der Waals surface area (Å²) in [4.78, 5) is 13.0. The van der Waals surface area contributed by atoms with Gasteiger partial charge in [-0.25, -0.2) is 0 Å². The second-order valence-electron chi connectivity index (χ2n) is 4.68. The summed E-state index contributed by atoms with van der Waals surface area (Å²) >= 11 is 1.71. The number of para-hydroxylation sites is 2. The summed E-state index contributed by atoms with van der Waals surface area (Å²) < 4.78 is 11.0. The Morgan fingerprint density at radius 3 is 2.35 bits per heavy atom. The molecule has 2 rings (SSSR count). The maximum absolute atomic E-state index is 11.8. The highest BCUT2D eigenvalue weighted by Crippen LogP contribution is 2.26. The number of hydrogen-bond donors (Lipinski definition) is 1. The molecule has 1 N–H and O–H groups in total. The molecular formula is C18H21NO3S. The molecule has 1 amide bonds. The Bertz CT molecular complexity index is 604. The van der Waals surface area contributed by atoms with Gasteiger partial charge >= 0.3 is 0 Å². The van der Waals surface area contributed by atoms with E-state index in [1.807, 2.05) is 43.3 Å². The molecule has 0 aromatic heterocycles. The van der Waals surface area contributed by atoms with E-state index in [2.05, 4.69) is 17.4 Å². The molecule has 0 spiro atoms. The molecule has 5 heteroatoms. The summed E-state index contributed by atoms with van der Waals surface area (Å²) in [6.45, 7) is 3.06. The largest absolute Gasteiger partial charge is 0.490 e. The van der Waals surface area contributed by atoms with Crippen LogP contribution in [0.15, 0.2) is 59.5 Å². The van der Waals surface area contributed by atoms with Crippen molar-refractivity contribution in [1.29, 1.82) is 0 Å². The molecule has 0 aliphatic rings. The van der Waals surface area contributed by atoms with E-state index in [4.69, 9.17) is 9.47 Å². The fourth-order valence-corrected chi connectivity index (χ4v) is 2.70. The van der Waals surface area contributed by atoms with Gasteiger partial charge in [-0.3, -0.25) is 4.79 Å². The average molecular weight is 331 g/mol. The van der Waals surface area contributed by atoms with Crippen LogP contribution < -0.4 is 14.8 Å². The maximum Gasteiger partial charge on any atom is 0.257 e. The smallest absolute Gasteiger partial charge is 0.257 e. The Hall–Kier alpha value is -2.14. The van der Waals surface area contributed by atoms with Crippen LogP contribution in [0.4, 0.5) is 0 Å². The zero-order chi connectivity index (χ0) is 16.3. The molecule has 0 saturated heterocycles. The first kappa shape index (κ1) is 17.2. The van der Waals surface area contributed by atoms with Crippen LogP contribution in [0.25, 0.3) is 0 Å². The second kappa shape index (κ2) is 9.79. The fourth-order valence-electron chi connectivity index (χ4n) is 1.91. The Balaban J connectivity index is 1.67. The van der Waals surface area contributed by atoms with E-state index in [1.54, 1.807) is 17.8 Å². The minimum Gasteiger partial charge on any atom is -0.490 e. The van der Waals surface area contributed by atoms with Crippen molar-refractivity contribution in [3.8, 4) is 11.5 Å². The van der Waals surface area contributed by atoms with Crippen LogP contribution in [-0.4, -0.2) is 31.4 Å². The number of carbonyl (C=O) groups excluding carboxylic acids is 1. The number of nitrogens with one attached hydrogen (secondary N) is 1. The zero-order valence-electron chi connectivity index (χ0n) is 13.2. The highest BCUT2D eigenvalue weighted by atomic mass is 32.2. The molecule has 4 nitrogen and oxygen atoms in total. The van der Waals surface area contributed by atoms with Crippen LogP contribution in [0.3, 0.4) is 0 Å². The molecule has 0 fully saturated rings. The predicted octanol–water partition coefficient (Wildman–Crippen LogP) is 3.37. The van der Waals surface area contributed by atoms with Gasteiger partial charge in [-0.1, -0.05) is 30.3 Å². The van der Waals surface area contributed by atoms with Gasteiger partial charge in [-0.2, -0.15) is 0 Å². The van der Waals surface area contributed by atoms with Gasteiger partial charge in [-0.05, 0) is 31.2 Å². The van der Waals surface area contributed by atoms with Crippen molar-refractivity contribution in [2.24, 2.45) is 0 Å². The number of amides is 1. The molecule has 0 saturated carbocycles. The van der Waals surface area contributed by atoms with Crippen LogP contribution >= 0.6 is 11.8 Å². The summed E-state index contributed by atoms with van der Waals surface area (Å²) in [5.41, 5.74) is 0. The number of benzene rings is 2. The number of carbonyl (C=O) groups is 1. The molecule has 2 aromatic carbocycles. The molecular weight excluding hydrogens is 310 g/mol. The van der Waals surface area contributed by atoms with Crippen LogP contribution in [0.2, 0.25) is 0 Å². The summed E-state index contributed by atoms with van der Waals surface area (Å²) in [6, 6.07) is 17.5. The second-order valence-corrected chi connectivity index (χ2v) is 5.85. The standard InChI is InChI=1S/C18H21NO3S/c1-2-21-16-10-6-7-11-17(16)22-14-18(20)19-12-13-23-15-8-4-3-5-9-15/h3-11H,2,12-14H2,1H3,(H,19,20). The lowest BCUT2D eigenvalue weighted by Crippen LogP contribution is -2.30. The first-order valence-corrected chi connectivity index (χ1v) is 8.57. The highest BCUT2D eigenvalue weighted by molar-refractivity contribution is 7.99. The predicted molar refractivity (Wildman–Crippen MR) is 93.3 cm³/mol. The van der Waals surface area contributed by atoms with Gasteiger partial charge in [0, 0.05) is 17.2 Å². The quantitative estimate of drug-likeness (QED) is 0.565. The minimum absolute atomic E-state index is 0.0138. The Morgan fingerprint density at radius 2 is 1.65 bits per heavy atom. The summed E-state index contributed by atoms with van der Waals surface area (Å²) in [5, 5.41) is 2.85. The maximum atomic E-state index is 11.8. The normalized spacial score (nSPS) is 10.1. The molecule has 0 atom stereocenters. The SMILES string of the molecule is CCOc1ccccc1OCC(=O)NCCSc1ccccc1. The number of rotatable bonds is 9. The van der Waals surface area contributed by atoms with Gasteiger partial charge in [0.25, 0.3) is 5.91 Å². The molecule has 0 unspecified atom stereocenters. The van der Waals surface area contributed by atoms with Crippen molar-refractivity contribution in [2.75, 3.05) is 25.5 Å². The first-order valence-electron chi connectivity index (χ1n) is 7.58. The highest BCUT2D eigenvalue weighted by Gasteiger charge is 2.06. The molecule has 122 valence electrons. The lowest BCUT2D eigenvalue weighted by Gasteiger charge is -2.11. The third kappa shape index (κ3) is 6.24. The molecule has 23 heavy (non-hydrogen) atoms.